The molecule has 22 heavy (non-hydrogen) atoms. The van der Waals surface area contributed by atoms with Gasteiger partial charge in [-0.1, -0.05) is 0 Å². The van der Waals surface area contributed by atoms with Gasteiger partial charge in [0.1, 0.15) is 0 Å². The summed E-state index contributed by atoms with van der Waals surface area (Å²) in [4.78, 5) is 8.08. The predicted octanol–water partition coefficient (Wildman–Crippen LogP) is -1.36. The molecule has 0 amide bonds. The van der Waals surface area contributed by atoms with E-state index in [1.165, 1.54) is 11.1 Å². The molecule has 0 saturated heterocycles. The second kappa shape index (κ2) is 11.5. The van der Waals surface area contributed by atoms with Gasteiger partial charge >= 0.3 is 17.1 Å². The quantitative estimate of drug-likeness (QED) is 0.523. The molecular formula is C14H18ClCuN2O4. The minimum atomic E-state index is -4.94. The van der Waals surface area contributed by atoms with E-state index >= 15 is 0 Å². The Morgan fingerprint density at radius 2 is 1.00 bits per heavy atom. The van der Waals surface area contributed by atoms with Crippen LogP contribution in [0.3, 0.4) is 0 Å². The van der Waals surface area contributed by atoms with Crippen LogP contribution in [-0.2, 0) is 17.1 Å². The van der Waals surface area contributed by atoms with Gasteiger partial charge in [0.25, 0.3) is 0 Å². The van der Waals surface area contributed by atoms with E-state index in [9.17, 15) is 0 Å². The molecule has 0 aliphatic rings. The van der Waals surface area contributed by atoms with Gasteiger partial charge in [0, 0.05) is 23.8 Å². The molecule has 0 bridgehead atoms. The van der Waals surface area contributed by atoms with Gasteiger partial charge in [-0.3, -0.25) is 9.97 Å². The van der Waals surface area contributed by atoms with Crippen LogP contribution in [-0.4, -0.2) is 9.97 Å². The van der Waals surface area contributed by atoms with Crippen LogP contribution in [0.5, 0.6) is 0 Å². The average molecular weight is 377 g/mol. The fourth-order valence-corrected chi connectivity index (χ4v) is 1.37. The van der Waals surface area contributed by atoms with Crippen molar-refractivity contribution < 1.29 is 45.9 Å². The molecule has 0 fully saturated rings. The third-order valence-electron chi connectivity index (χ3n) is 2.10. The maximum Gasteiger partial charge on any atom is 1.00 e. The van der Waals surface area contributed by atoms with Crippen molar-refractivity contribution in [2.24, 2.45) is 0 Å². The summed E-state index contributed by atoms with van der Waals surface area (Å²) in [6.07, 6.45) is 3.65. The predicted molar refractivity (Wildman–Crippen MR) is 67.4 cm³/mol. The fourth-order valence-electron chi connectivity index (χ4n) is 1.37. The molecule has 2 aromatic rings. The van der Waals surface area contributed by atoms with Gasteiger partial charge in [-0.25, -0.2) is 18.6 Å². The van der Waals surface area contributed by atoms with Crippen LogP contribution in [0.1, 0.15) is 22.5 Å². The maximum absolute atomic E-state index is 8.49. The molecule has 0 unspecified atom stereocenters. The second-order valence-electron chi connectivity index (χ2n) is 4.33. The van der Waals surface area contributed by atoms with E-state index in [2.05, 4.69) is 35.9 Å². The van der Waals surface area contributed by atoms with Gasteiger partial charge in [0.15, 0.2) is 0 Å². The topological polar surface area (TPSA) is 118 Å². The number of aromatic nitrogens is 2. The zero-order valence-electron chi connectivity index (χ0n) is 12.7. The number of pyridine rings is 2. The van der Waals surface area contributed by atoms with Crippen molar-refractivity contribution in [3.05, 3.63) is 59.2 Å². The van der Waals surface area contributed by atoms with Crippen molar-refractivity contribution in [1.29, 1.82) is 0 Å². The van der Waals surface area contributed by atoms with E-state index in [1.54, 1.807) is 0 Å². The van der Waals surface area contributed by atoms with Gasteiger partial charge in [0.2, 0.25) is 0 Å². The van der Waals surface area contributed by atoms with Crippen LogP contribution in [0.4, 0.5) is 0 Å². The van der Waals surface area contributed by atoms with Gasteiger partial charge in [0.05, 0.1) is 0 Å². The van der Waals surface area contributed by atoms with E-state index in [1.807, 2.05) is 38.4 Å². The zero-order chi connectivity index (χ0) is 16.5. The van der Waals surface area contributed by atoms with E-state index in [4.69, 9.17) is 18.6 Å². The summed E-state index contributed by atoms with van der Waals surface area (Å²) >= 11 is 0. The van der Waals surface area contributed by atoms with Crippen LogP contribution >= 0.6 is 0 Å². The van der Waals surface area contributed by atoms with Crippen molar-refractivity contribution in [2.45, 2.75) is 27.7 Å². The largest absolute Gasteiger partial charge is 1.00 e. The summed E-state index contributed by atoms with van der Waals surface area (Å²) in [5.41, 5.74) is 4.73. The first kappa shape index (κ1) is 23.2. The van der Waals surface area contributed by atoms with E-state index in [-0.39, 0.29) is 17.1 Å². The van der Waals surface area contributed by atoms with E-state index in [0.29, 0.717) is 0 Å². The molecular weight excluding hydrogens is 359 g/mol. The summed E-state index contributed by atoms with van der Waals surface area (Å²) in [5, 5.41) is 0. The minimum Gasteiger partial charge on any atom is -0.262 e. The molecule has 0 saturated carbocycles. The molecule has 8 heteroatoms. The molecule has 2 rings (SSSR count). The molecule has 0 atom stereocenters. The van der Waals surface area contributed by atoms with Crippen molar-refractivity contribution in [3.63, 3.8) is 0 Å². The normalized spacial score (nSPS) is 9.45. The van der Waals surface area contributed by atoms with E-state index in [0.717, 1.165) is 11.4 Å². The minimum absolute atomic E-state index is 0. The van der Waals surface area contributed by atoms with Crippen LogP contribution in [0.15, 0.2) is 36.7 Å². The molecule has 0 spiro atoms. The van der Waals surface area contributed by atoms with Gasteiger partial charge in [-0.05, 0) is 63.1 Å². The van der Waals surface area contributed by atoms with Gasteiger partial charge < -0.3 is 0 Å². The Bertz CT molecular complexity index is 466. The molecule has 2 heterocycles. The summed E-state index contributed by atoms with van der Waals surface area (Å²) in [7, 11) is -4.94. The third-order valence-corrected chi connectivity index (χ3v) is 2.10. The Labute approximate surface area is 143 Å². The number of nitrogens with zero attached hydrogens (tertiary/aromatic N) is 2. The molecule has 6 nitrogen and oxygen atoms in total. The first-order chi connectivity index (χ1) is 9.58. The average Bonchev–Trinajstić information content (AvgIpc) is 2.26. The summed E-state index contributed by atoms with van der Waals surface area (Å²) in [5.74, 6) is 0. The Kier molecular flexibility index (Phi) is 12.1. The Balaban J connectivity index is 0. The number of rotatable bonds is 0. The van der Waals surface area contributed by atoms with Crippen molar-refractivity contribution >= 4 is 0 Å². The Morgan fingerprint density at radius 3 is 1.14 bits per heavy atom. The monoisotopic (exact) mass is 376 g/mol. The van der Waals surface area contributed by atoms with Crippen LogP contribution in [0.25, 0.3) is 0 Å². The third kappa shape index (κ3) is 17.0. The second-order valence-corrected chi connectivity index (χ2v) is 5.08. The molecule has 0 radical (unpaired) electrons. The van der Waals surface area contributed by atoms with Crippen LogP contribution in [0.2, 0.25) is 0 Å². The number of halogens is 1. The SMILES string of the molecule is Cc1ccnc(C)c1.Cc1ccnc(C)c1.[Cu+].[O-][Cl+3]([O-])([O-])[O-]. The molecule has 126 valence electrons. The molecule has 0 aliphatic heterocycles. The molecule has 0 N–H and O–H groups in total. The summed E-state index contributed by atoms with van der Waals surface area (Å²) < 4.78 is 34.0. The number of hydrogen-bond acceptors (Lipinski definition) is 6. The summed E-state index contributed by atoms with van der Waals surface area (Å²) in [6, 6.07) is 8.10. The first-order valence-corrected chi connectivity index (χ1v) is 7.21. The fraction of sp³-hybridized carbons (Fsp3) is 0.286. The number of aryl methyl sites for hydroxylation is 4. The molecule has 0 aliphatic carbocycles. The van der Waals surface area contributed by atoms with Crippen molar-refractivity contribution in [1.82, 2.24) is 9.97 Å². The zero-order valence-corrected chi connectivity index (χ0v) is 14.4. The van der Waals surface area contributed by atoms with Gasteiger partial charge in [-0.15, -0.1) is 10.2 Å². The Hall–Kier alpha value is -1.05. The van der Waals surface area contributed by atoms with Crippen LogP contribution < -0.4 is 18.6 Å². The standard InChI is InChI=1S/2C7H9N.ClHO4.Cu/c2*1-6-3-4-8-7(2)5-6;2-1(3,4)5;/h2*3-5H,1-2H3;(H,2,3,4,5);/q;;;+1/p-1. The molecule has 2 aromatic heterocycles. The van der Waals surface area contributed by atoms with E-state index < -0.39 is 10.2 Å². The summed E-state index contributed by atoms with van der Waals surface area (Å²) in [6.45, 7) is 8.11. The van der Waals surface area contributed by atoms with Crippen molar-refractivity contribution in [2.75, 3.05) is 0 Å². The number of hydrogen-bond donors (Lipinski definition) is 0. The first-order valence-electron chi connectivity index (χ1n) is 5.98. The smallest absolute Gasteiger partial charge is 0.262 e. The van der Waals surface area contributed by atoms with Gasteiger partial charge in [-0.2, -0.15) is 0 Å². The maximum atomic E-state index is 8.49. The molecule has 0 aromatic carbocycles. The van der Waals surface area contributed by atoms with Crippen LogP contribution in [0, 0.1) is 37.9 Å². The Morgan fingerprint density at radius 1 is 0.727 bits per heavy atom. The van der Waals surface area contributed by atoms with Crippen molar-refractivity contribution in [3.8, 4) is 0 Å².